The van der Waals surface area contributed by atoms with Gasteiger partial charge in [-0.2, -0.15) is 0 Å². The normalized spacial score (nSPS) is 12.2. The molecule has 0 saturated carbocycles. The molecule has 26 heavy (non-hydrogen) atoms. The number of benzene rings is 3. The van der Waals surface area contributed by atoms with Crippen LogP contribution in [0.15, 0.2) is 91.0 Å². The lowest BCUT2D eigenvalue weighted by Gasteiger charge is -2.28. The molecule has 3 rings (SSSR count). The molecule has 0 heterocycles. The van der Waals surface area contributed by atoms with Gasteiger partial charge in [0.1, 0.15) is 0 Å². The van der Waals surface area contributed by atoms with E-state index in [0.29, 0.717) is 6.04 Å². The van der Waals surface area contributed by atoms with E-state index in [0.717, 1.165) is 25.8 Å². The Balaban J connectivity index is 1.62. The number of likely N-dealkylation sites (N-methyl/N-ethyl adjacent to an activating group) is 1. The first kappa shape index (κ1) is 18.4. The second-order valence-corrected chi connectivity index (χ2v) is 7.08. The molecule has 0 saturated heterocycles. The third kappa shape index (κ3) is 5.86. The predicted octanol–water partition coefficient (Wildman–Crippen LogP) is 5.41. The first-order chi connectivity index (χ1) is 12.8. The summed E-state index contributed by atoms with van der Waals surface area (Å²) in [6.07, 6.45) is 4.53. The van der Waals surface area contributed by atoms with E-state index >= 15 is 0 Å². The second kappa shape index (κ2) is 9.94. The van der Waals surface area contributed by atoms with Crippen molar-refractivity contribution in [3.05, 3.63) is 108 Å². The Morgan fingerprint density at radius 2 is 1.08 bits per heavy atom. The van der Waals surface area contributed by atoms with Gasteiger partial charge in [-0.3, -0.25) is 0 Å². The molecule has 0 aromatic heterocycles. The Bertz CT molecular complexity index is 737. The van der Waals surface area contributed by atoms with Gasteiger partial charge in [0.05, 0.1) is 0 Å². The predicted molar refractivity (Wildman–Crippen MR) is 111 cm³/mol. The Morgan fingerprint density at radius 1 is 0.615 bits per heavy atom. The van der Waals surface area contributed by atoms with Crippen LogP contribution in [0.2, 0.25) is 0 Å². The molecule has 0 spiro atoms. The molecule has 0 radical (unpaired) electrons. The van der Waals surface area contributed by atoms with E-state index in [1.54, 1.807) is 0 Å². The van der Waals surface area contributed by atoms with Gasteiger partial charge in [-0.25, -0.2) is 0 Å². The molecule has 134 valence electrons. The summed E-state index contributed by atoms with van der Waals surface area (Å²) in [7, 11) is 2.28. The van der Waals surface area contributed by atoms with Crippen molar-refractivity contribution < 1.29 is 0 Å². The summed E-state index contributed by atoms with van der Waals surface area (Å²) >= 11 is 0. The monoisotopic (exact) mass is 343 g/mol. The third-order valence-electron chi connectivity index (χ3n) is 5.14. The van der Waals surface area contributed by atoms with E-state index in [2.05, 4.69) is 103 Å². The second-order valence-electron chi connectivity index (χ2n) is 7.08. The van der Waals surface area contributed by atoms with Crippen molar-refractivity contribution in [2.75, 3.05) is 13.6 Å². The van der Waals surface area contributed by atoms with Gasteiger partial charge >= 0.3 is 0 Å². The van der Waals surface area contributed by atoms with Crippen molar-refractivity contribution >= 4 is 0 Å². The van der Waals surface area contributed by atoms with Gasteiger partial charge < -0.3 is 4.90 Å². The zero-order valence-corrected chi connectivity index (χ0v) is 15.7. The summed E-state index contributed by atoms with van der Waals surface area (Å²) in [5.41, 5.74) is 4.28. The molecule has 0 aliphatic carbocycles. The maximum atomic E-state index is 2.54. The standard InChI is InChI=1S/C25H29N/c1-26(20-19-23-13-7-3-8-14-23)25(21-24-15-9-4-10-16-24)18-17-22-11-5-2-6-12-22/h2-16,25H,17-21H2,1H3. The van der Waals surface area contributed by atoms with Crippen molar-refractivity contribution in [2.24, 2.45) is 0 Å². The van der Waals surface area contributed by atoms with Crippen LogP contribution in [-0.2, 0) is 19.3 Å². The van der Waals surface area contributed by atoms with E-state index < -0.39 is 0 Å². The van der Waals surface area contributed by atoms with Crippen LogP contribution in [0.1, 0.15) is 23.1 Å². The van der Waals surface area contributed by atoms with E-state index in [1.165, 1.54) is 23.1 Å². The van der Waals surface area contributed by atoms with Crippen LogP contribution >= 0.6 is 0 Å². The molecule has 0 N–H and O–H groups in total. The molecule has 1 heteroatoms. The minimum atomic E-state index is 0.557. The zero-order chi connectivity index (χ0) is 18.0. The smallest absolute Gasteiger partial charge is 0.0136 e. The average molecular weight is 344 g/mol. The van der Waals surface area contributed by atoms with Crippen LogP contribution in [0.5, 0.6) is 0 Å². The highest BCUT2D eigenvalue weighted by molar-refractivity contribution is 5.18. The summed E-state index contributed by atoms with van der Waals surface area (Å²) in [5.74, 6) is 0. The van der Waals surface area contributed by atoms with Crippen molar-refractivity contribution in [2.45, 2.75) is 31.7 Å². The van der Waals surface area contributed by atoms with E-state index in [9.17, 15) is 0 Å². The highest BCUT2D eigenvalue weighted by Crippen LogP contribution is 2.15. The fraction of sp³-hybridized carbons (Fsp3) is 0.280. The number of hydrogen-bond donors (Lipinski definition) is 0. The fourth-order valence-corrected chi connectivity index (χ4v) is 3.48. The van der Waals surface area contributed by atoms with Gasteiger partial charge in [-0.1, -0.05) is 91.0 Å². The summed E-state index contributed by atoms with van der Waals surface area (Å²) in [6.45, 7) is 1.09. The highest BCUT2D eigenvalue weighted by atomic mass is 15.1. The van der Waals surface area contributed by atoms with Crippen LogP contribution in [0.25, 0.3) is 0 Å². The summed E-state index contributed by atoms with van der Waals surface area (Å²) in [6, 6.07) is 33.1. The van der Waals surface area contributed by atoms with E-state index in [4.69, 9.17) is 0 Å². The minimum absolute atomic E-state index is 0.557. The summed E-state index contributed by atoms with van der Waals surface area (Å²) < 4.78 is 0. The van der Waals surface area contributed by atoms with Gasteiger partial charge in [-0.15, -0.1) is 0 Å². The van der Waals surface area contributed by atoms with Crippen molar-refractivity contribution in [1.29, 1.82) is 0 Å². The molecule has 0 bridgehead atoms. The summed E-state index contributed by atoms with van der Waals surface area (Å²) in [5, 5.41) is 0. The molecule has 1 nitrogen and oxygen atoms in total. The van der Waals surface area contributed by atoms with Crippen LogP contribution in [0.4, 0.5) is 0 Å². The molecule has 1 unspecified atom stereocenters. The van der Waals surface area contributed by atoms with Crippen molar-refractivity contribution in [3.63, 3.8) is 0 Å². The Morgan fingerprint density at radius 3 is 1.62 bits per heavy atom. The molecule has 0 fully saturated rings. The number of rotatable bonds is 9. The molecule has 1 atom stereocenters. The van der Waals surface area contributed by atoms with Crippen molar-refractivity contribution in [1.82, 2.24) is 4.90 Å². The molecule has 0 aliphatic heterocycles. The Hall–Kier alpha value is -2.38. The van der Waals surface area contributed by atoms with Gasteiger partial charge in [0.25, 0.3) is 0 Å². The fourth-order valence-electron chi connectivity index (χ4n) is 3.48. The first-order valence-corrected chi connectivity index (χ1v) is 9.63. The molecule has 0 amide bonds. The maximum absolute atomic E-state index is 2.54. The van der Waals surface area contributed by atoms with E-state index in [-0.39, 0.29) is 0 Å². The van der Waals surface area contributed by atoms with Crippen LogP contribution in [0.3, 0.4) is 0 Å². The Labute approximate surface area is 158 Å². The molecular weight excluding hydrogens is 314 g/mol. The zero-order valence-electron chi connectivity index (χ0n) is 15.7. The average Bonchev–Trinajstić information content (AvgIpc) is 2.71. The van der Waals surface area contributed by atoms with Crippen LogP contribution in [-0.4, -0.2) is 24.5 Å². The number of nitrogens with zero attached hydrogens (tertiary/aromatic N) is 1. The molecule has 3 aromatic rings. The van der Waals surface area contributed by atoms with Crippen LogP contribution in [0, 0.1) is 0 Å². The summed E-state index contributed by atoms with van der Waals surface area (Å²) in [4.78, 5) is 2.54. The van der Waals surface area contributed by atoms with Gasteiger partial charge in [-0.05, 0) is 49.4 Å². The molecule has 0 aliphatic rings. The molecule has 3 aromatic carbocycles. The lowest BCUT2D eigenvalue weighted by atomic mass is 9.97. The minimum Gasteiger partial charge on any atom is -0.303 e. The maximum Gasteiger partial charge on any atom is 0.0136 e. The van der Waals surface area contributed by atoms with Crippen molar-refractivity contribution in [3.8, 4) is 0 Å². The lowest BCUT2D eigenvalue weighted by molar-refractivity contribution is 0.231. The topological polar surface area (TPSA) is 3.24 Å². The third-order valence-corrected chi connectivity index (χ3v) is 5.14. The number of aryl methyl sites for hydroxylation is 1. The molecular formula is C25H29N. The van der Waals surface area contributed by atoms with E-state index in [1.807, 2.05) is 0 Å². The quantitative estimate of drug-likeness (QED) is 0.502. The Kier molecular flexibility index (Phi) is 7.04. The first-order valence-electron chi connectivity index (χ1n) is 9.63. The van der Waals surface area contributed by atoms with Crippen LogP contribution < -0.4 is 0 Å². The lowest BCUT2D eigenvalue weighted by Crippen LogP contribution is -2.35. The highest BCUT2D eigenvalue weighted by Gasteiger charge is 2.15. The van der Waals surface area contributed by atoms with Gasteiger partial charge in [0.2, 0.25) is 0 Å². The SMILES string of the molecule is CN(CCc1ccccc1)C(CCc1ccccc1)Cc1ccccc1. The van der Waals surface area contributed by atoms with Gasteiger partial charge in [0.15, 0.2) is 0 Å². The van der Waals surface area contributed by atoms with Gasteiger partial charge in [0, 0.05) is 12.6 Å². The largest absolute Gasteiger partial charge is 0.303 e. The number of hydrogen-bond acceptors (Lipinski definition) is 1.